The maximum Gasteiger partial charge on any atom is 0.231 e. The van der Waals surface area contributed by atoms with E-state index in [4.69, 9.17) is 4.74 Å². The first-order valence-corrected chi connectivity index (χ1v) is 5.05. The van der Waals surface area contributed by atoms with Crippen molar-refractivity contribution in [2.45, 2.75) is 25.7 Å². The van der Waals surface area contributed by atoms with Gasteiger partial charge in [0.25, 0.3) is 0 Å². The van der Waals surface area contributed by atoms with Gasteiger partial charge < -0.3 is 9.84 Å². The van der Waals surface area contributed by atoms with Gasteiger partial charge in [-0.25, -0.2) is 0 Å². The lowest BCUT2D eigenvalue weighted by atomic mass is 10.2. The molecule has 5 heteroatoms. The van der Waals surface area contributed by atoms with Crippen molar-refractivity contribution >= 4 is 0 Å². The highest BCUT2D eigenvalue weighted by Crippen LogP contribution is 2.06. The first-order valence-electron chi connectivity index (χ1n) is 5.05. The molecular weight excluding hydrogens is 210 g/mol. The Hall–Kier alpha value is -1.46. The van der Waals surface area contributed by atoms with Crippen molar-refractivity contribution in [3.05, 3.63) is 46.0 Å². The zero-order chi connectivity index (χ0) is 12.0. The van der Waals surface area contributed by atoms with Crippen molar-refractivity contribution in [3.63, 3.8) is 0 Å². The smallest absolute Gasteiger partial charge is 0.231 e. The molecule has 0 aliphatic rings. The lowest BCUT2D eigenvalue weighted by molar-refractivity contribution is -0.493. The summed E-state index contributed by atoms with van der Waals surface area (Å²) in [5.41, 5.74) is 0.975. The predicted molar refractivity (Wildman–Crippen MR) is 58.6 cm³/mol. The number of hydrogen-bond acceptors (Lipinski definition) is 4. The predicted octanol–water partition coefficient (Wildman–Crippen LogP) is 1.23. The Balaban J connectivity index is 2.35. The molecule has 0 radical (unpaired) electrons. The summed E-state index contributed by atoms with van der Waals surface area (Å²) in [6.45, 7) is 1.48. The fourth-order valence-electron chi connectivity index (χ4n) is 1.21. The monoisotopic (exact) mass is 225 g/mol. The third-order valence-corrected chi connectivity index (χ3v) is 2.23. The van der Waals surface area contributed by atoms with E-state index >= 15 is 0 Å². The molecule has 0 saturated heterocycles. The number of hydrogen-bond donors (Lipinski definition) is 1. The van der Waals surface area contributed by atoms with Crippen molar-refractivity contribution in [2.75, 3.05) is 6.54 Å². The van der Waals surface area contributed by atoms with E-state index in [1.807, 2.05) is 30.3 Å². The second kappa shape index (κ2) is 6.19. The van der Waals surface area contributed by atoms with Crippen LogP contribution in [0.25, 0.3) is 0 Å². The molecule has 0 aliphatic carbocycles. The maximum atomic E-state index is 10.2. The molecule has 88 valence electrons. The lowest BCUT2D eigenvalue weighted by Gasteiger charge is -2.16. The summed E-state index contributed by atoms with van der Waals surface area (Å²) in [5.74, 6) is 0. The van der Waals surface area contributed by atoms with Crippen molar-refractivity contribution in [1.82, 2.24) is 0 Å². The molecular formula is C11H15NO4. The number of benzene rings is 1. The number of rotatable bonds is 6. The summed E-state index contributed by atoms with van der Waals surface area (Å²) in [7, 11) is 0. The van der Waals surface area contributed by atoms with Gasteiger partial charge in [0.2, 0.25) is 6.54 Å². The van der Waals surface area contributed by atoms with E-state index in [-0.39, 0.29) is 0 Å². The molecule has 1 N–H and O–H groups in total. The highest BCUT2D eigenvalue weighted by atomic mass is 16.6. The van der Waals surface area contributed by atoms with Gasteiger partial charge in [-0.15, -0.1) is 0 Å². The molecule has 0 aromatic heterocycles. The standard InChI is InChI=1S/C11H15NO4/c1-9(11(13)7-12(14)15)16-8-10-5-3-2-4-6-10/h2-6,9,11,13H,7-8H2,1H3. The zero-order valence-corrected chi connectivity index (χ0v) is 9.07. The highest BCUT2D eigenvalue weighted by Gasteiger charge is 2.20. The Morgan fingerprint density at radius 2 is 2.06 bits per heavy atom. The van der Waals surface area contributed by atoms with E-state index in [0.717, 1.165) is 5.56 Å². The average Bonchev–Trinajstić information content (AvgIpc) is 2.26. The summed E-state index contributed by atoms with van der Waals surface area (Å²) < 4.78 is 5.34. The second-order valence-electron chi connectivity index (χ2n) is 3.58. The highest BCUT2D eigenvalue weighted by molar-refractivity contribution is 5.13. The van der Waals surface area contributed by atoms with Gasteiger partial charge in [0.05, 0.1) is 12.7 Å². The summed E-state index contributed by atoms with van der Waals surface area (Å²) in [5, 5.41) is 19.6. The van der Waals surface area contributed by atoms with Gasteiger partial charge in [-0.05, 0) is 12.5 Å². The van der Waals surface area contributed by atoms with Crippen molar-refractivity contribution < 1.29 is 14.8 Å². The molecule has 0 heterocycles. The van der Waals surface area contributed by atoms with E-state index in [1.54, 1.807) is 6.92 Å². The van der Waals surface area contributed by atoms with Crippen LogP contribution in [0, 0.1) is 10.1 Å². The third kappa shape index (κ3) is 4.37. The number of ether oxygens (including phenoxy) is 1. The Labute approximate surface area is 93.8 Å². The molecule has 0 spiro atoms. The van der Waals surface area contributed by atoms with Gasteiger partial charge in [0.15, 0.2) is 0 Å². The first-order chi connectivity index (χ1) is 7.59. The topological polar surface area (TPSA) is 72.6 Å². The fourth-order valence-corrected chi connectivity index (χ4v) is 1.21. The summed E-state index contributed by atoms with van der Waals surface area (Å²) >= 11 is 0. The van der Waals surface area contributed by atoms with E-state index in [0.29, 0.717) is 6.61 Å². The van der Waals surface area contributed by atoms with E-state index in [1.165, 1.54) is 0 Å². The van der Waals surface area contributed by atoms with Crippen LogP contribution in [0.1, 0.15) is 12.5 Å². The molecule has 2 unspecified atom stereocenters. The third-order valence-electron chi connectivity index (χ3n) is 2.23. The van der Waals surface area contributed by atoms with Gasteiger partial charge in [-0.1, -0.05) is 30.3 Å². The summed E-state index contributed by atoms with van der Waals surface area (Å²) in [6, 6.07) is 9.46. The molecule has 16 heavy (non-hydrogen) atoms. The molecule has 5 nitrogen and oxygen atoms in total. The molecule has 0 saturated carbocycles. The fraction of sp³-hybridized carbons (Fsp3) is 0.455. The van der Waals surface area contributed by atoms with Gasteiger partial charge in [-0.3, -0.25) is 10.1 Å². The Kier molecular flexibility index (Phi) is 4.88. The molecule has 1 rings (SSSR count). The van der Waals surface area contributed by atoms with Crippen molar-refractivity contribution in [3.8, 4) is 0 Å². The molecule has 1 aromatic carbocycles. The van der Waals surface area contributed by atoms with E-state index in [9.17, 15) is 15.2 Å². The largest absolute Gasteiger partial charge is 0.384 e. The minimum atomic E-state index is -1.07. The van der Waals surface area contributed by atoms with Gasteiger partial charge >= 0.3 is 0 Å². The van der Waals surface area contributed by atoms with Gasteiger partial charge in [0.1, 0.15) is 6.10 Å². The lowest BCUT2D eigenvalue weighted by Crippen LogP contribution is -2.32. The minimum Gasteiger partial charge on any atom is -0.384 e. The Bertz CT molecular complexity index is 328. The van der Waals surface area contributed by atoms with Crippen LogP contribution >= 0.6 is 0 Å². The van der Waals surface area contributed by atoms with Crippen LogP contribution in [0.4, 0.5) is 0 Å². The molecule has 1 aromatic rings. The average molecular weight is 225 g/mol. The van der Waals surface area contributed by atoms with E-state index < -0.39 is 23.7 Å². The van der Waals surface area contributed by atoms with Crippen LogP contribution in [0.5, 0.6) is 0 Å². The summed E-state index contributed by atoms with van der Waals surface area (Å²) in [4.78, 5) is 9.63. The van der Waals surface area contributed by atoms with Crippen LogP contribution in [-0.2, 0) is 11.3 Å². The number of aliphatic hydroxyl groups excluding tert-OH is 1. The SMILES string of the molecule is CC(OCc1ccccc1)C(O)C[N+](=O)[O-]. The van der Waals surface area contributed by atoms with E-state index in [2.05, 4.69) is 0 Å². The first kappa shape index (κ1) is 12.6. The van der Waals surface area contributed by atoms with Gasteiger partial charge in [0, 0.05) is 4.92 Å². The van der Waals surface area contributed by atoms with Crippen LogP contribution in [0.15, 0.2) is 30.3 Å². The Morgan fingerprint density at radius 3 is 2.62 bits per heavy atom. The zero-order valence-electron chi connectivity index (χ0n) is 9.07. The number of nitrogens with zero attached hydrogens (tertiary/aromatic N) is 1. The van der Waals surface area contributed by atoms with Crippen LogP contribution in [0.3, 0.4) is 0 Å². The molecule has 0 fully saturated rings. The van der Waals surface area contributed by atoms with Crippen molar-refractivity contribution in [1.29, 1.82) is 0 Å². The van der Waals surface area contributed by atoms with Crippen LogP contribution in [0.2, 0.25) is 0 Å². The van der Waals surface area contributed by atoms with Crippen LogP contribution in [-0.4, -0.2) is 28.8 Å². The summed E-state index contributed by atoms with van der Waals surface area (Å²) in [6.07, 6.45) is -1.62. The molecule has 2 atom stereocenters. The quantitative estimate of drug-likeness (QED) is 0.583. The number of nitro groups is 1. The Morgan fingerprint density at radius 1 is 1.44 bits per heavy atom. The second-order valence-corrected chi connectivity index (χ2v) is 3.58. The molecule has 0 amide bonds. The van der Waals surface area contributed by atoms with Gasteiger partial charge in [-0.2, -0.15) is 0 Å². The normalized spacial score (nSPS) is 14.4. The molecule has 0 aliphatic heterocycles. The van der Waals surface area contributed by atoms with Crippen molar-refractivity contribution in [2.24, 2.45) is 0 Å². The molecule has 0 bridgehead atoms. The minimum absolute atomic E-state index is 0.344. The maximum absolute atomic E-state index is 10.2. The van der Waals surface area contributed by atoms with Crippen LogP contribution < -0.4 is 0 Å². The number of aliphatic hydroxyl groups is 1.